The average molecular weight is 356 g/mol. The van der Waals surface area contributed by atoms with Gasteiger partial charge in [0, 0.05) is 56.7 Å². The lowest BCUT2D eigenvalue weighted by molar-refractivity contribution is 0.170. The standard InChI is InChI=1S/C19H24N4O3/c1-24-16-13-18-17(25-10-11-26-18)12-15(16)14-22-6-3-7-23(9-8-22)19-20-4-2-5-21-19/h2,4-5,12-13H,3,6-11,14H2,1H3. The molecule has 1 aromatic carbocycles. The maximum absolute atomic E-state index is 5.73. The van der Waals surface area contributed by atoms with E-state index >= 15 is 0 Å². The summed E-state index contributed by atoms with van der Waals surface area (Å²) in [5.74, 6) is 3.23. The number of hydrogen-bond acceptors (Lipinski definition) is 7. The summed E-state index contributed by atoms with van der Waals surface area (Å²) in [6.07, 6.45) is 4.67. The number of fused-ring (bicyclic) bond motifs is 1. The van der Waals surface area contributed by atoms with E-state index in [-0.39, 0.29) is 0 Å². The third kappa shape index (κ3) is 3.67. The van der Waals surface area contributed by atoms with E-state index in [1.807, 2.05) is 12.1 Å². The van der Waals surface area contributed by atoms with Crippen molar-refractivity contribution in [2.45, 2.75) is 13.0 Å². The Balaban J connectivity index is 1.46. The molecular formula is C19H24N4O3. The summed E-state index contributed by atoms with van der Waals surface area (Å²) in [5, 5.41) is 0. The zero-order valence-corrected chi connectivity index (χ0v) is 15.1. The van der Waals surface area contributed by atoms with Gasteiger partial charge < -0.3 is 19.1 Å². The predicted octanol–water partition coefficient (Wildman–Crippen LogP) is 1.97. The molecule has 0 N–H and O–H groups in total. The second-order valence-electron chi connectivity index (χ2n) is 6.47. The third-order valence-electron chi connectivity index (χ3n) is 4.76. The summed E-state index contributed by atoms with van der Waals surface area (Å²) in [4.78, 5) is 13.4. The Kier molecular flexibility index (Phi) is 5.06. The topological polar surface area (TPSA) is 60.0 Å². The Bertz CT molecular complexity index is 741. The van der Waals surface area contributed by atoms with Crippen molar-refractivity contribution >= 4 is 5.95 Å². The highest BCUT2D eigenvalue weighted by atomic mass is 16.6. The molecule has 2 aliphatic rings. The van der Waals surface area contributed by atoms with Crippen molar-refractivity contribution < 1.29 is 14.2 Å². The van der Waals surface area contributed by atoms with E-state index in [1.165, 1.54) is 0 Å². The van der Waals surface area contributed by atoms with Gasteiger partial charge in [-0.05, 0) is 18.6 Å². The smallest absolute Gasteiger partial charge is 0.225 e. The van der Waals surface area contributed by atoms with Crippen LogP contribution in [-0.4, -0.2) is 61.4 Å². The van der Waals surface area contributed by atoms with E-state index in [2.05, 4.69) is 25.8 Å². The monoisotopic (exact) mass is 356 g/mol. The molecule has 7 heteroatoms. The Morgan fingerprint density at radius 3 is 2.54 bits per heavy atom. The molecule has 0 spiro atoms. The molecule has 0 atom stereocenters. The van der Waals surface area contributed by atoms with Crippen LogP contribution in [0.25, 0.3) is 0 Å². The summed E-state index contributed by atoms with van der Waals surface area (Å²) < 4.78 is 17.0. The first kappa shape index (κ1) is 16.9. The Labute approximate surface area is 153 Å². The third-order valence-corrected chi connectivity index (χ3v) is 4.76. The van der Waals surface area contributed by atoms with Crippen molar-refractivity contribution in [3.05, 3.63) is 36.2 Å². The van der Waals surface area contributed by atoms with Gasteiger partial charge in [-0.3, -0.25) is 4.90 Å². The molecule has 0 unspecified atom stereocenters. The second-order valence-corrected chi connectivity index (χ2v) is 6.47. The van der Waals surface area contributed by atoms with Crippen LogP contribution in [0.4, 0.5) is 5.95 Å². The van der Waals surface area contributed by atoms with Crippen LogP contribution in [0, 0.1) is 0 Å². The van der Waals surface area contributed by atoms with E-state index in [0.717, 1.165) is 67.9 Å². The molecule has 0 amide bonds. The molecule has 0 radical (unpaired) electrons. The van der Waals surface area contributed by atoms with Crippen LogP contribution >= 0.6 is 0 Å². The number of anilines is 1. The number of nitrogens with zero attached hydrogens (tertiary/aromatic N) is 4. The Morgan fingerprint density at radius 2 is 1.77 bits per heavy atom. The summed E-state index contributed by atoms with van der Waals surface area (Å²) in [5.41, 5.74) is 1.13. The van der Waals surface area contributed by atoms with Crippen LogP contribution in [0.15, 0.2) is 30.6 Å². The Hall–Kier alpha value is -2.54. The first-order valence-corrected chi connectivity index (χ1v) is 9.04. The molecule has 3 heterocycles. The molecule has 2 aliphatic heterocycles. The number of aromatic nitrogens is 2. The fraction of sp³-hybridized carbons (Fsp3) is 0.474. The summed E-state index contributed by atoms with van der Waals surface area (Å²) in [7, 11) is 1.70. The lowest BCUT2D eigenvalue weighted by Gasteiger charge is -2.24. The molecule has 1 fully saturated rings. The quantitative estimate of drug-likeness (QED) is 0.830. The van der Waals surface area contributed by atoms with E-state index in [9.17, 15) is 0 Å². The van der Waals surface area contributed by atoms with Crippen LogP contribution in [0.1, 0.15) is 12.0 Å². The predicted molar refractivity (Wildman–Crippen MR) is 98.1 cm³/mol. The minimum absolute atomic E-state index is 0.582. The molecule has 4 rings (SSSR count). The normalized spacial score (nSPS) is 17.7. The van der Waals surface area contributed by atoms with Crippen LogP contribution in [0.2, 0.25) is 0 Å². The maximum Gasteiger partial charge on any atom is 0.225 e. The van der Waals surface area contributed by atoms with Crippen LogP contribution in [0.5, 0.6) is 17.2 Å². The first-order valence-electron chi connectivity index (χ1n) is 9.04. The first-order chi connectivity index (χ1) is 12.8. The number of rotatable bonds is 4. The number of hydrogen-bond donors (Lipinski definition) is 0. The molecule has 2 aromatic rings. The van der Waals surface area contributed by atoms with Gasteiger partial charge in [-0.15, -0.1) is 0 Å². The van der Waals surface area contributed by atoms with E-state index in [0.29, 0.717) is 13.2 Å². The van der Waals surface area contributed by atoms with Crippen LogP contribution < -0.4 is 19.1 Å². The van der Waals surface area contributed by atoms with Crippen molar-refractivity contribution in [2.75, 3.05) is 51.4 Å². The molecule has 1 aromatic heterocycles. The van der Waals surface area contributed by atoms with E-state index < -0.39 is 0 Å². The molecule has 0 bridgehead atoms. The fourth-order valence-corrected chi connectivity index (χ4v) is 3.45. The summed E-state index contributed by atoms with van der Waals surface area (Å²) in [6, 6.07) is 5.84. The molecule has 1 saturated heterocycles. The fourth-order valence-electron chi connectivity index (χ4n) is 3.45. The minimum atomic E-state index is 0.582. The lowest BCUT2D eigenvalue weighted by Crippen LogP contribution is -2.31. The zero-order chi connectivity index (χ0) is 17.8. The Morgan fingerprint density at radius 1 is 1.00 bits per heavy atom. The van der Waals surface area contributed by atoms with Gasteiger partial charge in [-0.1, -0.05) is 0 Å². The minimum Gasteiger partial charge on any atom is -0.496 e. The van der Waals surface area contributed by atoms with Gasteiger partial charge in [0.1, 0.15) is 19.0 Å². The summed E-state index contributed by atoms with van der Waals surface area (Å²) in [6.45, 7) is 5.86. The molecule has 26 heavy (non-hydrogen) atoms. The van der Waals surface area contributed by atoms with Gasteiger partial charge >= 0.3 is 0 Å². The highest BCUT2D eigenvalue weighted by Crippen LogP contribution is 2.37. The van der Waals surface area contributed by atoms with Crippen LogP contribution in [0.3, 0.4) is 0 Å². The zero-order valence-electron chi connectivity index (χ0n) is 15.1. The van der Waals surface area contributed by atoms with Gasteiger partial charge in [-0.25, -0.2) is 9.97 Å². The van der Waals surface area contributed by atoms with Crippen LogP contribution in [-0.2, 0) is 6.54 Å². The van der Waals surface area contributed by atoms with Gasteiger partial charge in [-0.2, -0.15) is 0 Å². The van der Waals surface area contributed by atoms with Crippen molar-refractivity contribution in [2.24, 2.45) is 0 Å². The maximum atomic E-state index is 5.73. The lowest BCUT2D eigenvalue weighted by atomic mass is 10.1. The van der Waals surface area contributed by atoms with Gasteiger partial charge in [0.2, 0.25) is 5.95 Å². The van der Waals surface area contributed by atoms with Gasteiger partial charge in [0.05, 0.1) is 7.11 Å². The van der Waals surface area contributed by atoms with Gasteiger partial charge in [0.15, 0.2) is 11.5 Å². The molecule has 0 saturated carbocycles. The molecule has 7 nitrogen and oxygen atoms in total. The van der Waals surface area contributed by atoms with Gasteiger partial charge in [0.25, 0.3) is 0 Å². The highest BCUT2D eigenvalue weighted by molar-refractivity contribution is 5.51. The van der Waals surface area contributed by atoms with Crippen molar-refractivity contribution in [3.8, 4) is 17.2 Å². The number of ether oxygens (including phenoxy) is 3. The number of methoxy groups -OCH3 is 1. The van der Waals surface area contributed by atoms with E-state index in [1.54, 1.807) is 19.5 Å². The largest absolute Gasteiger partial charge is 0.496 e. The average Bonchev–Trinajstić information content (AvgIpc) is 2.94. The highest BCUT2D eigenvalue weighted by Gasteiger charge is 2.21. The SMILES string of the molecule is COc1cc2c(cc1CN1CCCN(c3ncccn3)CC1)OCCO2. The molecule has 138 valence electrons. The molecule has 0 aliphatic carbocycles. The van der Waals surface area contributed by atoms with Crippen molar-refractivity contribution in [3.63, 3.8) is 0 Å². The van der Waals surface area contributed by atoms with Crippen molar-refractivity contribution in [1.82, 2.24) is 14.9 Å². The number of benzene rings is 1. The second kappa shape index (κ2) is 7.78. The summed E-state index contributed by atoms with van der Waals surface area (Å²) >= 11 is 0. The van der Waals surface area contributed by atoms with E-state index in [4.69, 9.17) is 14.2 Å². The molecular weight excluding hydrogens is 332 g/mol. The van der Waals surface area contributed by atoms with Crippen molar-refractivity contribution in [1.29, 1.82) is 0 Å².